The normalized spacial score (nSPS) is 12.1. The van der Waals surface area contributed by atoms with E-state index >= 15 is 0 Å². The Labute approximate surface area is 319 Å². The summed E-state index contributed by atoms with van der Waals surface area (Å²) in [4.78, 5) is 1.55. The molecule has 1 aliphatic carbocycles. The van der Waals surface area contributed by atoms with E-state index in [0.29, 0.717) is 19.6 Å². The first-order valence-electron chi connectivity index (χ1n) is 17.0. The topological polar surface area (TPSA) is 68.8 Å². The number of rotatable bonds is 10. The van der Waals surface area contributed by atoms with Gasteiger partial charge in [0.2, 0.25) is 0 Å². The summed E-state index contributed by atoms with van der Waals surface area (Å²) in [6, 6.07) is 24.8. The van der Waals surface area contributed by atoms with Crippen molar-refractivity contribution in [2.75, 3.05) is 13.2 Å². The summed E-state index contributed by atoms with van der Waals surface area (Å²) in [6.45, 7) is 0.898. The van der Waals surface area contributed by atoms with Gasteiger partial charge in [-0.15, -0.1) is 45.3 Å². The highest BCUT2D eigenvalue weighted by Gasteiger charge is 2.24. The minimum atomic E-state index is 0.222. The molecule has 0 saturated heterocycles. The highest BCUT2D eigenvalue weighted by atomic mass is 32.1. The number of hydrogen-bond donors (Lipinski definition) is 2. The smallest absolute Gasteiger partial charge is 0.158 e. The first-order chi connectivity index (χ1) is 26.2. The highest BCUT2D eigenvalue weighted by molar-refractivity contribution is 7.15. The van der Waals surface area contributed by atoms with Crippen molar-refractivity contribution in [3.05, 3.63) is 128 Å². The molecule has 10 rings (SSSR count). The molecule has 1 aliphatic rings. The van der Waals surface area contributed by atoms with Gasteiger partial charge in [-0.3, -0.25) is 0 Å². The predicted octanol–water partition coefficient (Wildman–Crippen LogP) is 12.4. The van der Waals surface area contributed by atoms with Crippen LogP contribution in [0, 0.1) is 0 Å². The molecule has 0 unspecified atom stereocenters. The first kappa shape index (κ1) is 32.0. The number of aromatic hydroxyl groups is 2. The van der Waals surface area contributed by atoms with E-state index in [0.717, 1.165) is 87.7 Å². The Balaban J connectivity index is 0.840. The van der Waals surface area contributed by atoms with Crippen LogP contribution in [-0.4, -0.2) is 32.6 Å². The Hall–Kier alpha value is -5.70. The third-order valence-electron chi connectivity index (χ3n) is 9.56. The Morgan fingerprint density at radius 1 is 0.547 bits per heavy atom. The summed E-state index contributed by atoms with van der Waals surface area (Å²) >= 11 is 6.12. The van der Waals surface area contributed by atoms with E-state index in [-0.39, 0.29) is 11.5 Å². The van der Waals surface area contributed by atoms with Gasteiger partial charge in [0.15, 0.2) is 11.5 Å². The van der Waals surface area contributed by atoms with Crippen LogP contribution in [0.4, 0.5) is 0 Å². The van der Waals surface area contributed by atoms with Gasteiger partial charge in [0.05, 0.1) is 56.6 Å². The lowest BCUT2D eigenvalue weighted by molar-refractivity contribution is 0.249. The molecule has 6 heterocycles. The number of hydrogen-bond acceptors (Lipinski definition) is 8. The molecular formula is C43H28N2O4S4. The van der Waals surface area contributed by atoms with Crippen LogP contribution in [-0.2, 0) is 0 Å². The van der Waals surface area contributed by atoms with Crippen molar-refractivity contribution in [2.24, 2.45) is 0 Å². The molecule has 0 amide bonds. The van der Waals surface area contributed by atoms with Crippen LogP contribution < -0.4 is 9.47 Å². The minimum absolute atomic E-state index is 0.222. The second kappa shape index (κ2) is 13.1. The van der Waals surface area contributed by atoms with E-state index in [1.807, 2.05) is 80.8 Å². The maximum absolute atomic E-state index is 11.6. The SMILES string of the molecule is Oc1c(-n2c3c(c4ccccc42)C=C=C=C3)csc1-c1cscc1OCCCOc1cscc1-c1scc(-n2c3ccccc3c3ccccc32)c1O. The molecule has 53 heavy (non-hydrogen) atoms. The van der Waals surface area contributed by atoms with E-state index in [2.05, 4.69) is 57.0 Å². The number of benzene rings is 3. The van der Waals surface area contributed by atoms with Crippen molar-refractivity contribution in [3.8, 4) is 55.3 Å². The van der Waals surface area contributed by atoms with Gasteiger partial charge in [0.1, 0.15) is 11.5 Å². The minimum Gasteiger partial charge on any atom is -0.504 e. The zero-order valence-electron chi connectivity index (χ0n) is 27.9. The molecule has 258 valence electrons. The zero-order chi connectivity index (χ0) is 35.5. The quantitative estimate of drug-likeness (QED) is 0.107. The fraction of sp³-hybridized carbons (Fsp3) is 0.0698. The number of thiophene rings is 4. The van der Waals surface area contributed by atoms with Crippen LogP contribution in [0.1, 0.15) is 17.7 Å². The summed E-state index contributed by atoms with van der Waals surface area (Å²) in [5.74, 6) is 1.95. The van der Waals surface area contributed by atoms with Crippen molar-refractivity contribution >= 4 is 90.2 Å². The van der Waals surface area contributed by atoms with Crippen LogP contribution >= 0.6 is 45.3 Å². The van der Waals surface area contributed by atoms with Crippen molar-refractivity contribution < 1.29 is 19.7 Å². The van der Waals surface area contributed by atoms with Gasteiger partial charge in [-0.1, -0.05) is 66.1 Å². The highest BCUT2D eigenvalue weighted by Crippen LogP contribution is 2.49. The first-order valence-corrected chi connectivity index (χ1v) is 20.6. The average molecular weight is 765 g/mol. The Bertz CT molecular complexity index is 2900. The van der Waals surface area contributed by atoms with E-state index in [1.54, 1.807) is 22.7 Å². The maximum Gasteiger partial charge on any atom is 0.158 e. The molecule has 2 N–H and O–H groups in total. The van der Waals surface area contributed by atoms with Crippen LogP contribution in [0.3, 0.4) is 0 Å². The van der Waals surface area contributed by atoms with Crippen LogP contribution in [0.25, 0.3) is 77.1 Å². The third-order valence-corrected chi connectivity index (χ3v) is 13.0. The van der Waals surface area contributed by atoms with Crippen molar-refractivity contribution in [2.45, 2.75) is 6.42 Å². The molecule has 0 saturated carbocycles. The standard InChI is InChI=1S/C43H28N2O4S4/c46-40-36(44-32-14-5-1-10-26(32)27-11-2-6-15-33(27)44)22-52-42(40)30-20-50-24-38(30)48-18-9-19-49-39-25-51-21-31(39)43-41(47)37(23-53-43)45-34-16-7-3-12-28(34)29-13-4-8-17-35(29)45/h1-3,5-7,10-17,20-25,46-47H,9,18-19H2. The fourth-order valence-corrected chi connectivity index (χ4v) is 10.7. The van der Waals surface area contributed by atoms with Crippen molar-refractivity contribution in [1.82, 2.24) is 9.13 Å². The van der Waals surface area contributed by atoms with Crippen LogP contribution in [0.15, 0.2) is 117 Å². The molecule has 0 bridgehead atoms. The zero-order valence-corrected chi connectivity index (χ0v) is 31.2. The second-order valence-electron chi connectivity index (χ2n) is 12.5. The Kier molecular flexibility index (Phi) is 7.88. The molecule has 0 atom stereocenters. The van der Waals surface area contributed by atoms with E-state index < -0.39 is 0 Å². The molecule has 9 aromatic rings. The van der Waals surface area contributed by atoms with E-state index in [1.165, 1.54) is 22.7 Å². The maximum atomic E-state index is 11.6. The third kappa shape index (κ3) is 5.19. The summed E-state index contributed by atoms with van der Waals surface area (Å²) in [7, 11) is 0. The number of ether oxygens (including phenoxy) is 2. The molecule has 0 radical (unpaired) electrons. The molecule has 0 spiro atoms. The van der Waals surface area contributed by atoms with Gasteiger partial charge in [-0.25, -0.2) is 0 Å². The van der Waals surface area contributed by atoms with Gasteiger partial charge in [-0.05, 0) is 24.3 Å². The molecule has 0 fully saturated rings. The lowest BCUT2D eigenvalue weighted by atomic mass is 10.1. The van der Waals surface area contributed by atoms with E-state index in [9.17, 15) is 10.2 Å². The summed E-state index contributed by atoms with van der Waals surface area (Å²) < 4.78 is 16.8. The average Bonchev–Trinajstić information content (AvgIpc) is 4.06. The molecule has 0 aliphatic heterocycles. The van der Waals surface area contributed by atoms with Crippen LogP contribution in [0.2, 0.25) is 0 Å². The molecule has 6 nitrogen and oxygen atoms in total. The summed E-state index contributed by atoms with van der Waals surface area (Å²) in [6.07, 6.45) is 4.52. The summed E-state index contributed by atoms with van der Waals surface area (Å²) in [5.41, 5.74) is 14.6. The Morgan fingerprint density at radius 2 is 1.04 bits per heavy atom. The molecular weight excluding hydrogens is 737 g/mol. The second-order valence-corrected chi connectivity index (χ2v) is 15.8. The lowest BCUT2D eigenvalue weighted by Crippen LogP contribution is -2.05. The van der Waals surface area contributed by atoms with Crippen molar-refractivity contribution in [1.29, 1.82) is 0 Å². The van der Waals surface area contributed by atoms with Gasteiger partial charge < -0.3 is 28.8 Å². The fourth-order valence-electron chi connectivity index (χ4n) is 7.18. The lowest BCUT2D eigenvalue weighted by Gasteiger charge is -2.10. The Morgan fingerprint density at radius 3 is 1.62 bits per heavy atom. The monoisotopic (exact) mass is 764 g/mol. The van der Waals surface area contributed by atoms with Gasteiger partial charge in [0, 0.05) is 77.6 Å². The van der Waals surface area contributed by atoms with Crippen molar-refractivity contribution in [3.63, 3.8) is 0 Å². The largest absolute Gasteiger partial charge is 0.504 e. The molecule has 10 heteroatoms. The van der Waals surface area contributed by atoms with Gasteiger partial charge >= 0.3 is 0 Å². The number of nitrogens with zero attached hydrogens (tertiary/aromatic N) is 2. The predicted molar refractivity (Wildman–Crippen MR) is 221 cm³/mol. The summed E-state index contributed by atoms with van der Waals surface area (Å²) in [5, 5.41) is 38.7. The van der Waals surface area contributed by atoms with Gasteiger partial charge in [-0.2, -0.15) is 0 Å². The number of para-hydroxylation sites is 3. The van der Waals surface area contributed by atoms with Crippen LogP contribution in [0.5, 0.6) is 23.0 Å². The van der Waals surface area contributed by atoms with Gasteiger partial charge in [0.25, 0.3) is 0 Å². The molecule has 6 aromatic heterocycles. The number of fused-ring (bicyclic) bond motifs is 6. The molecule has 3 aromatic carbocycles. The van der Waals surface area contributed by atoms with E-state index in [4.69, 9.17) is 9.47 Å². The number of aromatic nitrogens is 2.